The zero-order chi connectivity index (χ0) is 20.6. The molecule has 164 valence electrons. The van der Waals surface area contributed by atoms with Crippen LogP contribution in [0.25, 0.3) is 0 Å². The molecule has 8 nitrogen and oxygen atoms in total. The maximum Gasteiger partial charge on any atom is 0.194 e. The second kappa shape index (κ2) is 11.7. The molecule has 1 aromatic heterocycles. The minimum Gasteiger partial charge on any atom is -0.496 e. The summed E-state index contributed by atoms with van der Waals surface area (Å²) < 4.78 is 16.3. The largest absolute Gasteiger partial charge is 0.496 e. The van der Waals surface area contributed by atoms with E-state index in [1.807, 2.05) is 36.5 Å². The fourth-order valence-corrected chi connectivity index (χ4v) is 3.43. The molecule has 2 aromatic rings. The first kappa shape index (κ1) is 23.8. The van der Waals surface area contributed by atoms with Crippen LogP contribution in [-0.4, -0.2) is 70.4 Å². The quantitative estimate of drug-likeness (QED) is 0.352. The van der Waals surface area contributed by atoms with Gasteiger partial charge in [0.25, 0.3) is 0 Å². The number of nitrogens with zero attached hydrogens (tertiary/aromatic N) is 4. The second-order valence-electron chi connectivity index (χ2n) is 6.58. The summed E-state index contributed by atoms with van der Waals surface area (Å²) in [5.74, 6) is 3.94. The molecule has 1 saturated heterocycles. The minimum atomic E-state index is 0. The number of piperazine rings is 1. The van der Waals surface area contributed by atoms with Crippen LogP contribution >= 0.6 is 24.0 Å². The number of hydrogen-bond acceptors (Lipinski definition) is 6. The Labute approximate surface area is 195 Å². The van der Waals surface area contributed by atoms with Crippen LogP contribution < -0.4 is 24.4 Å². The van der Waals surface area contributed by atoms with Gasteiger partial charge in [-0.25, -0.2) is 4.98 Å². The van der Waals surface area contributed by atoms with E-state index in [2.05, 4.69) is 25.1 Å². The van der Waals surface area contributed by atoms with Gasteiger partial charge in [0.05, 0.1) is 21.3 Å². The molecule has 1 aliphatic rings. The molecule has 2 heterocycles. The Kier molecular flexibility index (Phi) is 9.28. The Morgan fingerprint density at radius 2 is 1.67 bits per heavy atom. The molecule has 30 heavy (non-hydrogen) atoms. The van der Waals surface area contributed by atoms with Crippen molar-refractivity contribution in [3.05, 3.63) is 42.1 Å². The third kappa shape index (κ3) is 5.59. The number of ether oxygens (including phenoxy) is 3. The van der Waals surface area contributed by atoms with Gasteiger partial charge in [-0.1, -0.05) is 6.07 Å². The molecule has 0 atom stereocenters. The molecule has 0 unspecified atom stereocenters. The van der Waals surface area contributed by atoms with Crippen molar-refractivity contribution in [2.75, 3.05) is 59.5 Å². The molecule has 1 fully saturated rings. The summed E-state index contributed by atoms with van der Waals surface area (Å²) in [6.07, 6.45) is 1.83. The van der Waals surface area contributed by atoms with Crippen molar-refractivity contribution in [1.29, 1.82) is 0 Å². The first-order valence-electron chi connectivity index (χ1n) is 9.60. The molecule has 0 saturated carbocycles. The molecule has 3 rings (SSSR count). The van der Waals surface area contributed by atoms with Crippen LogP contribution in [-0.2, 0) is 6.54 Å². The van der Waals surface area contributed by atoms with E-state index in [0.29, 0.717) is 18.0 Å². The molecule has 0 radical (unpaired) electrons. The number of hydrogen-bond donors (Lipinski definition) is 1. The van der Waals surface area contributed by atoms with E-state index in [-0.39, 0.29) is 24.0 Å². The summed E-state index contributed by atoms with van der Waals surface area (Å²) in [4.78, 5) is 13.4. The van der Waals surface area contributed by atoms with Gasteiger partial charge in [0.1, 0.15) is 11.6 Å². The van der Waals surface area contributed by atoms with Gasteiger partial charge in [-0.15, -0.1) is 24.0 Å². The molecule has 1 N–H and O–H groups in total. The molecule has 0 amide bonds. The third-order valence-electron chi connectivity index (χ3n) is 4.99. The zero-order valence-electron chi connectivity index (χ0n) is 17.9. The number of aliphatic imine (C=N–C) groups is 1. The number of rotatable bonds is 6. The van der Waals surface area contributed by atoms with Crippen molar-refractivity contribution in [3.63, 3.8) is 0 Å². The summed E-state index contributed by atoms with van der Waals surface area (Å²) in [7, 11) is 6.69. The standard InChI is InChI=1S/C21H29N5O3.HI/c1-22-21(26-11-9-25(10-12-26)20-7-5-6-8-23-20)24-15-16-13-18(28-3)19(29-4)14-17(16)27-2;/h5-8,13-14H,9-12,15H2,1-4H3,(H,22,24);1H. The van der Waals surface area contributed by atoms with Crippen LogP contribution in [0.2, 0.25) is 0 Å². The van der Waals surface area contributed by atoms with Gasteiger partial charge < -0.3 is 29.3 Å². The Morgan fingerprint density at radius 1 is 1.00 bits per heavy atom. The van der Waals surface area contributed by atoms with Gasteiger partial charge in [0, 0.05) is 57.6 Å². The molecule has 1 aromatic carbocycles. The van der Waals surface area contributed by atoms with Gasteiger partial charge in [-0.2, -0.15) is 0 Å². The zero-order valence-corrected chi connectivity index (χ0v) is 20.3. The highest BCUT2D eigenvalue weighted by Gasteiger charge is 2.21. The summed E-state index contributed by atoms with van der Waals surface area (Å²) in [5, 5.41) is 3.44. The van der Waals surface area contributed by atoms with Crippen LogP contribution in [0.15, 0.2) is 41.5 Å². The molecule has 0 spiro atoms. The molecular formula is C21H30IN5O3. The van der Waals surface area contributed by atoms with Gasteiger partial charge in [-0.3, -0.25) is 4.99 Å². The molecule has 0 aliphatic carbocycles. The number of nitrogens with one attached hydrogen (secondary N) is 1. The Bertz CT molecular complexity index is 827. The van der Waals surface area contributed by atoms with Crippen LogP contribution in [0.5, 0.6) is 17.2 Å². The lowest BCUT2D eigenvalue weighted by Gasteiger charge is -2.37. The summed E-state index contributed by atoms with van der Waals surface area (Å²) in [6, 6.07) is 9.77. The van der Waals surface area contributed by atoms with E-state index in [1.165, 1.54) is 0 Å². The maximum atomic E-state index is 5.52. The molecule has 1 aliphatic heterocycles. The van der Waals surface area contributed by atoms with Gasteiger partial charge in [-0.05, 0) is 18.2 Å². The van der Waals surface area contributed by atoms with Crippen LogP contribution in [0.4, 0.5) is 5.82 Å². The smallest absolute Gasteiger partial charge is 0.194 e. The first-order valence-corrected chi connectivity index (χ1v) is 9.60. The van der Waals surface area contributed by atoms with Crippen LogP contribution in [0.1, 0.15) is 5.56 Å². The lowest BCUT2D eigenvalue weighted by atomic mass is 10.1. The summed E-state index contributed by atoms with van der Waals surface area (Å²) in [6.45, 7) is 4.12. The summed E-state index contributed by atoms with van der Waals surface area (Å²) >= 11 is 0. The van der Waals surface area contributed by atoms with Crippen LogP contribution in [0.3, 0.4) is 0 Å². The van der Waals surface area contributed by atoms with Crippen molar-refractivity contribution < 1.29 is 14.2 Å². The number of benzene rings is 1. The number of methoxy groups -OCH3 is 3. The van der Waals surface area contributed by atoms with Crippen molar-refractivity contribution in [3.8, 4) is 17.2 Å². The monoisotopic (exact) mass is 527 g/mol. The molecule has 0 bridgehead atoms. The highest BCUT2D eigenvalue weighted by Crippen LogP contribution is 2.34. The second-order valence-corrected chi connectivity index (χ2v) is 6.58. The topological polar surface area (TPSA) is 71.5 Å². The maximum absolute atomic E-state index is 5.52. The number of aromatic nitrogens is 1. The van der Waals surface area contributed by atoms with Gasteiger partial charge in [0.2, 0.25) is 0 Å². The third-order valence-corrected chi connectivity index (χ3v) is 4.99. The first-order chi connectivity index (χ1) is 14.2. The van der Waals surface area contributed by atoms with E-state index >= 15 is 0 Å². The SMILES string of the molecule is CN=C(NCc1cc(OC)c(OC)cc1OC)N1CCN(c2ccccn2)CC1.I. The van der Waals surface area contributed by atoms with Crippen molar-refractivity contribution in [2.45, 2.75) is 6.54 Å². The average molecular weight is 527 g/mol. The average Bonchev–Trinajstić information content (AvgIpc) is 2.80. The molecule has 9 heteroatoms. The fraction of sp³-hybridized carbons (Fsp3) is 0.429. The predicted octanol–water partition coefficient (Wildman–Crippen LogP) is 2.62. The normalized spacial score (nSPS) is 14.1. The van der Waals surface area contributed by atoms with E-state index in [0.717, 1.165) is 49.3 Å². The fourth-order valence-electron chi connectivity index (χ4n) is 3.43. The number of pyridine rings is 1. The number of halogens is 1. The van der Waals surface area contributed by atoms with Crippen LogP contribution in [0, 0.1) is 0 Å². The Balaban J connectivity index is 0.00000320. The van der Waals surface area contributed by atoms with Gasteiger partial charge in [0.15, 0.2) is 17.5 Å². The van der Waals surface area contributed by atoms with Crippen molar-refractivity contribution in [1.82, 2.24) is 15.2 Å². The van der Waals surface area contributed by atoms with E-state index in [1.54, 1.807) is 28.4 Å². The molecular weight excluding hydrogens is 497 g/mol. The lowest BCUT2D eigenvalue weighted by molar-refractivity contribution is 0.346. The van der Waals surface area contributed by atoms with Crippen molar-refractivity contribution >= 4 is 35.8 Å². The predicted molar refractivity (Wildman–Crippen MR) is 130 cm³/mol. The van der Waals surface area contributed by atoms with Crippen molar-refractivity contribution in [2.24, 2.45) is 4.99 Å². The lowest BCUT2D eigenvalue weighted by Crippen LogP contribution is -2.52. The summed E-state index contributed by atoms with van der Waals surface area (Å²) in [5.41, 5.74) is 0.971. The Hall–Kier alpha value is -2.43. The number of anilines is 1. The highest BCUT2D eigenvalue weighted by atomic mass is 127. The highest BCUT2D eigenvalue weighted by molar-refractivity contribution is 14.0. The Morgan fingerprint density at radius 3 is 2.23 bits per heavy atom. The van der Waals surface area contributed by atoms with Gasteiger partial charge >= 0.3 is 0 Å². The van der Waals surface area contributed by atoms with E-state index in [9.17, 15) is 0 Å². The number of guanidine groups is 1. The minimum absolute atomic E-state index is 0. The van der Waals surface area contributed by atoms with E-state index < -0.39 is 0 Å². The van der Waals surface area contributed by atoms with E-state index in [4.69, 9.17) is 14.2 Å².